The molecule has 3 aromatic rings. The highest BCUT2D eigenvalue weighted by molar-refractivity contribution is 5.81. The van der Waals surface area contributed by atoms with Crippen molar-refractivity contribution < 1.29 is 23.4 Å². The number of nitrogens with zero attached hydrogens (tertiary/aromatic N) is 4. The van der Waals surface area contributed by atoms with E-state index in [0.29, 0.717) is 5.56 Å². The van der Waals surface area contributed by atoms with Gasteiger partial charge >= 0.3 is 5.69 Å². The van der Waals surface area contributed by atoms with Gasteiger partial charge in [-0.25, -0.2) is 18.7 Å². The first-order valence-corrected chi connectivity index (χ1v) is 8.74. The summed E-state index contributed by atoms with van der Waals surface area (Å²) in [4.78, 5) is 40.4. The quantitative estimate of drug-likeness (QED) is 0.349. The summed E-state index contributed by atoms with van der Waals surface area (Å²) in [6.45, 7) is 0. The summed E-state index contributed by atoms with van der Waals surface area (Å²) in [6.07, 6.45) is 0.782. The molecule has 0 radical (unpaired) electrons. The van der Waals surface area contributed by atoms with E-state index in [1.54, 1.807) is 0 Å². The first kappa shape index (κ1) is 21.9. The molecule has 3 rings (SSSR count). The maximum absolute atomic E-state index is 13.4. The van der Waals surface area contributed by atoms with Gasteiger partial charge in [0.2, 0.25) is 17.5 Å². The zero-order valence-electron chi connectivity index (χ0n) is 15.9. The van der Waals surface area contributed by atoms with Crippen molar-refractivity contribution in [1.82, 2.24) is 15.4 Å². The van der Waals surface area contributed by atoms with Gasteiger partial charge in [0.1, 0.15) is 6.33 Å². The number of non-ortho nitro benzene ring substituents is 1. The fourth-order valence-electron chi connectivity index (χ4n) is 2.54. The number of carbonyl (C=O) groups excluding carboxylic acids is 1. The van der Waals surface area contributed by atoms with E-state index in [2.05, 4.69) is 26.1 Å². The van der Waals surface area contributed by atoms with Crippen molar-refractivity contribution in [3.63, 3.8) is 0 Å². The number of anilines is 3. The molecule has 1 heterocycles. The molecule has 0 fully saturated rings. The van der Waals surface area contributed by atoms with Crippen molar-refractivity contribution in [3.05, 3.63) is 86.2 Å². The van der Waals surface area contributed by atoms with Crippen LogP contribution in [-0.4, -0.2) is 25.7 Å². The van der Waals surface area contributed by atoms with Crippen LogP contribution in [0.3, 0.4) is 0 Å². The predicted molar refractivity (Wildman–Crippen MR) is 107 cm³/mol. The summed E-state index contributed by atoms with van der Waals surface area (Å²) in [5.41, 5.74) is 4.22. The van der Waals surface area contributed by atoms with Crippen LogP contribution in [0.25, 0.3) is 0 Å². The van der Waals surface area contributed by atoms with Crippen LogP contribution in [0.1, 0.15) is 5.56 Å². The molecule has 3 N–H and O–H groups in total. The average molecular weight is 445 g/mol. The first-order valence-electron chi connectivity index (χ1n) is 8.74. The summed E-state index contributed by atoms with van der Waals surface area (Å²) < 4.78 is 26.5. The van der Waals surface area contributed by atoms with E-state index in [9.17, 15) is 33.8 Å². The number of hydrogen-bond donors (Lipinski definition) is 3. The van der Waals surface area contributed by atoms with Crippen LogP contribution in [0, 0.1) is 31.9 Å². The lowest BCUT2D eigenvalue weighted by Crippen LogP contribution is -2.31. The molecule has 14 heteroatoms. The highest BCUT2D eigenvalue weighted by Crippen LogP contribution is 2.31. The van der Waals surface area contributed by atoms with Gasteiger partial charge in [0.25, 0.3) is 5.69 Å². The monoisotopic (exact) mass is 445 g/mol. The number of benzene rings is 2. The van der Waals surface area contributed by atoms with Crippen molar-refractivity contribution >= 4 is 34.6 Å². The fourth-order valence-corrected chi connectivity index (χ4v) is 2.54. The van der Waals surface area contributed by atoms with Crippen LogP contribution in [-0.2, 0) is 11.2 Å². The number of hydrazine groups is 1. The second kappa shape index (κ2) is 9.38. The number of nitro groups is 2. The predicted octanol–water partition coefficient (Wildman–Crippen LogP) is 3.00. The van der Waals surface area contributed by atoms with Crippen LogP contribution in [0.2, 0.25) is 0 Å². The van der Waals surface area contributed by atoms with Gasteiger partial charge in [0, 0.05) is 23.9 Å². The SMILES string of the molecule is O=C(Cc1ccc([N+](=O)[O-])cc1)NNc1ncnc(Nc2ccc(F)c(F)c2)c1[N+](=O)[O-]. The van der Waals surface area contributed by atoms with E-state index in [-0.39, 0.29) is 29.4 Å². The van der Waals surface area contributed by atoms with Gasteiger partial charge in [-0.2, -0.15) is 0 Å². The summed E-state index contributed by atoms with van der Waals surface area (Å²) in [5, 5.41) is 24.7. The van der Waals surface area contributed by atoms with Crippen LogP contribution < -0.4 is 16.2 Å². The number of rotatable bonds is 8. The van der Waals surface area contributed by atoms with Crippen molar-refractivity contribution in [2.75, 3.05) is 10.7 Å². The zero-order chi connectivity index (χ0) is 23.3. The molecule has 1 aromatic heterocycles. The second-order valence-electron chi connectivity index (χ2n) is 6.20. The third-order valence-corrected chi connectivity index (χ3v) is 4.02. The van der Waals surface area contributed by atoms with E-state index in [4.69, 9.17) is 0 Å². The molecule has 1 amide bonds. The largest absolute Gasteiger partial charge is 0.355 e. The summed E-state index contributed by atoms with van der Waals surface area (Å²) in [5.74, 6) is -3.56. The average Bonchev–Trinajstić information content (AvgIpc) is 2.75. The highest BCUT2D eigenvalue weighted by atomic mass is 19.2. The molecule has 0 spiro atoms. The van der Waals surface area contributed by atoms with Gasteiger partial charge < -0.3 is 5.32 Å². The number of nitro benzene ring substituents is 1. The summed E-state index contributed by atoms with van der Waals surface area (Å²) in [6, 6.07) is 8.05. The van der Waals surface area contributed by atoms with Crippen LogP contribution in [0.5, 0.6) is 0 Å². The maximum atomic E-state index is 13.4. The summed E-state index contributed by atoms with van der Waals surface area (Å²) in [7, 11) is 0. The Hall–Kier alpha value is -4.75. The summed E-state index contributed by atoms with van der Waals surface area (Å²) >= 11 is 0. The van der Waals surface area contributed by atoms with Crippen LogP contribution in [0.4, 0.5) is 37.5 Å². The number of nitrogens with one attached hydrogen (secondary N) is 3. The van der Waals surface area contributed by atoms with E-state index in [1.165, 1.54) is 24.3 Å². The standard InChI is InChI=1S/C18H13F2N7O5/c19-13-6-3-11(8-14(13)20)23-17-16(27(31)32)18(22-9-21-17)25-24-15(28)7-10-1-4-12(5-2-10)26(29)30/h1-6,8-9H,7H2,(H,24,28)(H2,21,22,23,25). The third kappa shape index (κ3) is 5.24. The third-order valence-electron chi connectivity index (χ3n) is 4.02. The molecule has 0 saturated heterocycles. The van der Waals surface area contributed by atoms with Crippen LogP contribution in [0.15, 0.2) is 48.8 Å². The second-order valence-corrected chi connectivity index (χ2v) is 6.20. The smallest absolute Gasteiger partial charge is 0.334 e. The normalized spacial score (nSPS) is 10.3. The van der Waals surface area contributed by atoms with Gasteiger partial charge in [-0.3, -0.25) is 35.9 Å². The Kier molecular flexibility index (Phi) is 6.43. The topological polar surface area (TPSA) is 165 Å². The Morgan fingerprint density at radius 2 is 1.62 bits per heavy atom. The molecule has 0 aliphatic carbocycles. The Bertz CT molecular complexity index is 1190. The fraction of sp³-hybridized carbons (Fsp3) is 0.0556. The van der Waals surface area contributed by atoms with E-state index < -0.39 is 33.1 Å². The Morgan fingerprint density at radius 3 is 2.25 bits per heavy atom. The molecule has 0 saturated carbocycles. The molecule has 32 heavy (non-hydrogen) atoms. The van der Waals surface area contributed by atoms with Gasteiger partial charge in [-0.1, -0.05) is 12.1 Å². The molecule has 164 valence electrons. The van der Waals surface area contributed by atoms with E-state index >= 15 is 0 Å². The number of aromatic nitrogens is 2. The van der Waals surface area contributed by atoms with Crippen molar-refractivity contribution in [2.24, 2.45) is 0 Å². The van der Waals surface area contributed by atoms with Crippen LogP contribution >= 0.6 is 0 Å². The van der Waals surface area contributed by atoms with Crippen molar-refractivity contribution in [1.29, 1.82) is 0 Å². The highest BCUT2D eigenvalue weighted by Gasteiger charge is 2.24. The lowest BCUT2D eigenvalue weighted by atomic mass is 10.1. The minimum Gasteiger partial charge on any atom is -0.334 e. The molecule has 2 aromatic carbocycles. The Labute approximate surface area is 177 Å². The van der Waals surface area contributed by atoms with Gasteiger partial charge in [0.15, 0.2) is 11.6 Å². The zero-order valence-corrected chi connectivity index (χ0v) is 15.9. The molecule has 0 aliphatic rings. The van der Waals surface area contributed by atoms with Gasteiger partial charge in [0.05, 0.1) is 16.3 Å². The van der Waals surface area contributed by atoms with Gasteiger partial charge in [-0.05, 0) is 17.7 Å². The minimum absolute atomic E-state index is 0.00106. The number of halogens is 2. The molecule has 0 aliphatic heterocycles. The number of carbonyl (C=O) groups is 1. The Balaban J connectivity index is 1.72. The van der Waals surface area contributed by atoms with E-state index in [1.807, 2.05) is 0 Å². The van der Waals surface area contributed by atoms with Crippen molar-refractivity contribution in [3.8, 4) is 0 Å². The minimum atomic E-state index is -1.16. The van der Waals surface area contributed by atoms with Gasteiger partial charge in [-0.15, -0.1) is 0 Å². The lowest BCUT2D eigenvalue weighted by molar-refractivity contribution is -0.384. The lowest BCUT2D eigenvalue weighted by Gasteiger charge is -2.11. The number of hydrogen-bond acceptors (Lipinski definition) is 9. The molecular weight excluding hydrogens is 432 g/mol. The Morgan fingerprint density at radius 1 is 0.938 bits per heavy atom. The van der Waals surface area contributed by atoms with Crippen molar-refractivity contribution in [2.45, 2.75) is 6.42 Å². The molecule has 0 bridgehead atoms. The van der Waals surface area contributed by atoms with E-state index in [0.717, 1.165) is 24.5 Å². The maximum Gasteiger partial charge on any atom is 0.355 e. The molecule has 0 atom stereocenters. The first-order chi connectivity index (χ1) is 15.2. The molecular formula is C18H13F2N7O5. The molecule has 0 unspecified atom stereocenters. The number of amides is 1. The molecule has 12 nitrogen and oxygen atoms in total.